The van der Waals surface area contributed by atoms with Crippen LogP contribution in [-0.2, 0) is 17.9 Å². The molecule has 0 aliphatic carbocycles. The van der Waals surface area contributed by atoms with Gasteiger partial charge in [-0.2, -0.15) is 5.10 Å². The van der Waals surface area contributed by atoms with E-state index in [2.05, 4.69) is 29.5 Å². The number of carbonyl (C=O) groups is 1. The Labute approximate surface area is 123 Å². The van der Waals surface area contributed by atoms with E-state index in [-0.39, 0.29) is 5.91 Å². The first-order valence-electron chi connectivity index (χ1n) is 6.65. The lowest BCUT2D eigenvalue weighted by Gasteiger charge is -2.04. The number of aromatic nitrogens is 2. The van der Waals surface area contributed by atoms with Gasteiger partial charge in [0.05, 0.1) is 11.9 Å². The monoisotopic (exact) mass is 289 g/mol. The van der Waals surface area contributed by atoms with Crippen molar-refractivity contribution in [3.63, 3.8) is 0 Å². The van der Waals surface area contributed by atoms with Crippen LogP contribution in [0.1, 0.15) is 18.1 Å². The molecule has 0 saturated heterocycles. The number of nitrogens with zero attached hydrogens (tertiary/aromatic N) is 2. The predicted molar refractivity (Wildman–Crippen MR) is 81.7 cm³/mol. The Hall–Kier alpha value is -1.75. The highest BCUT2D eigenvalue weighted by Crippen LogP contribution is 2.17. The Balaban J connectivity index is 1.74. The van der Waals surface area contributed by atoms with Gasteiger partial charge in [0.2, 0.25) is 5.91 Å². The topological polar surface area (TPSA) is 46.9 Å². The van der Waals surface area contributed by atoms with Crippen LogP contribution in [0.25, 0.3) is 0 Å². The third-order valence-electron chi connectivity index (χ3n) is 2.89. The zero-order chi connectivity index (χ0) is 14.4. The summed E-state index contributed by atoms with van der Waals surface area (Å²) in [6.07, 6.45) is 3.74. The summed E-state index contributed by atoms with van der Waals surface area (Å²) in [6, 6.07) is 8.19. The van der Waals surface area contributed by atoms with Crippen molar-refractivity contribution in [1.82, 2.24) is 15.1 Å². The molecule has 0 saturated carbocycles. The summed E-state index contributed by atoms with van der Waals surface area (Å²) in [7, 11) is 0. The standard InChI is InChI=1S/C15H19N3OS/c1-3-18-10-13(9-17-18)8-16-15(19)11-20-14-6-4-12(2)5-7-14/h4-7,9-10H,3,8,11H2,1-2H3,(H,16,19). The predicted octanol–water partition coefficient (Wildman–Crippen LogP) is 2.62. The number of hydrogen-bond donors (Lipinski definition) is 1. The largest absolute Gasteiger partial charge is 0.351 e. The molecule has 0 atom stereocenters. The van der Waals surface area contributed by atoms with Crippen molar-refractivity contribution in [2.75, 3.05) is 5.75 Å². The van der Waals surface area contributed by atoms with Crippen LogP contribution in [0.4, 0.5) is 0 Å². The van der Waals surface area contributed by atoms with Crippen LogP contribution >= 0.6 is 11.8 Å². The van der Waals surface area contributed by atoms with Gasteiger partial charge in [-0.05, 0) is 26.0 Å². The molecule has 1 aromatic carbocycles. The second kappa shape index (κ2) is 7.14. The summed E-state index contributed by atoms with van der Waals surface area (Å²) in [6.45, 7) is 5.47. The lowest BCUT2D eigenvalue weighted by atomic mass is 10.2. The molecular weight excluding hydrogens is 270 g/mol. The van der Waals surface area contributed by atoms with E-state index in [1.165, 1.54) is 5.56 Å². The molecule has 1 amide bonds. The molecular formula is C15H19N3OS. The number of rotatable bonds is 6. The molecule has 0 bridgehead atoms. The van der Waals surface area contributed by atoms with E-state index < -0.39 is 0 Å². The molecule has 0 spiro atoms. The van der Waals surface area contributed by atoms with E-state index in [0.717, 1.165) is 17.0 Å². The Morgan fingerprint density at radius 1 is 1.35 bits per heavy atom. The maximum atomic E-state index is 11.8. The van der Waals surface area contributed by atoms with Crippen molar-refractivity contribution in [3.8, 4) is 0 Å². The van der Waals surface area contributed by atoms with E-state index in [0.29, 0.717) is 12.3 Å². The molecule has 106 valence electrons. The zero-order valence-corrected chi connectivity index (χ0v) is 12.6. The molecule has 2 aromatic rings. The van der Waals surface area contributed by atoms with Crippen molar-refractivity contribution in [3.05, 3.63) is 47.8 Å². The molecule has 0 aliphatic heterocycles. The normalized spacial score (nSPS) is 10.5. The Bertz CT molecular complexity index is 563. The van der Waals surface area contributed by atoms with E-state index in [1.54, 1.807) is 18.0 Å². The minimum atomic E-state index is 0.0415. The minimum absolute atomic E-state index is 0.0415. The van der Waals surface area contributed by atoms with Crippen LogP contribution in [0, 0.1) is 6.92 Å². The molecule has 5 heteroatoms. The van der Waals surface area contributed by atoms with Crippen LogP contribution in [0.15, 0.2) is 41.6 Å². The van der Waals surface area contributed by atoms with Crippen molar-refractivity contribution in [1.29, 1.82) is 0 Å². The van der Waals surface area contributed by atoms with Gasteiger partial charge < -0.3 is 5.32 Å². The van der Waals surface area contributed by atoms with Gasteiger partial charge in [0, 0.05) is 29.7 Å². The van der Waals surface area contributed by atoms with Gasteiger partial charge in [-0.25, -0.2) is 0 Å². The molecule has 0 unspecified atom stereocenters. The summed E-state index contributed by atoms with van der Waals surface area (Å²) in [5, 5.41) is 7.08. The third kappa shape index (κ3) is 4.42. The minimum Gasteiger partial charge on any atom is -0.351 e. The summed E-state index contributed by atoms with van der Waals surface area (Å²) >= 11 is 1.55. The van der Waals surface area contributed by atoms with Gasteiger partial charge in [-0.3, -0.25) is 9.48 Å². The number of nitrogens with one attached hydrogen (secondary N) is 1. The average Bonchev–Trinajstić information content (AvgIpc) is 2.92. The lowest BCUT2D eigenvalue weighted by Crippen LogP contribution is -2.24. The number of hydrogen-bond acceptors (Lipinski definition) is 3. The van der Waals surface area contributed by atoms with Crippen molar-refractivity contribution < 1.29 is 4.79 Å². The maximum Gasteiger partial charge on any atom is 0.230 e. The van der Waals surface area contributed by atoms with Crippen molar-refractivity contribution in [2.24, 2.45) is 0 Å². The molecule has 1 aromatic heterocycles. The van der Waals surface area contributed by atoms with Gasteiger partial charge in [-0.15, -0.1) is 11.8 Å². The first-order chi connectivity index (χ1) is 9.67. The smallest absolute Gasteiger partial charge is 0.230 e. The quantitative estimate of drug-likeness (QED) is 0.832. The van der Waals surface area contributed by atoms with Crippen LogP contribution in [0.2, 0.25) is 0 Å². The fourth-order valence-electron chi connectivity index (χ4n) is 1.71. The van der Waals surface area contributed by atoms with Crippen LogP contribution in [-0.4, -0.2) is 21.4 Å². The van der Waals surface area contributed by atoms with E-state index in [1.807, 2.05) is 29.9 Å². The molecule has 1 heterocycles. The Morgan fingerprint density at radius 2 is 2.10 bits per heavy atom. The fraction of sp³-hybridized carbons (Fsp3) is 0.333. The van der Waals surface area contributed by atoms with Gasteiger partial charge >= 0.3 is 0 Å². The molecule has 0 radical (unpaired) electrons. The number of aryl methyl sites for hydroxylation is 2. The maximum absolute atomic E-state index is 11.8. The zero-order valence-electron chi connectivity index (χ0n) is 11.8. The van der Waals surface area contributed by atoms with Gasteiger partial charge in [0.25, 0.3) is 0 Å². The number of amides is 1. The Morgan fingerprint density at radius 3 is 2.75 bits per heavy atom. The summed E-state index contributed by atoms with van der Waals surface area (Å²) < 4.78 is 1.85. The fourth-order valence-corrected chi connectivity index (χ4v) is 2.43. The molecule has 4 nitrogen and oxygen atoms in total. The molecule has 2 rings (SSSR count). The first kappa shape index (κ1) is 14.7. The molecule has 1 N–H and O–H groups in total. The number of carbonyl (C=O) groups excluding carboxylic acids is 1. The summed E-state index contributed by atoms with van der Waals surface area (Å²) in [5.74, 6) is 0.477. The average molecular weight is 289 g/mol. The molecule has 0 aliphatic rings. The lowest BCUT2D eigenvalue weighted by molar-refractivity contribution is -0.118. The highest BCUT2D eigenvalue weighted by molar-refractivity contribution is 8.00. The Kier molecular flexibility index (Phi) is 5.24. The number of benzene rings is 1. The highest BCUT2D eigenvalue weighted by Gasteiger charge is 2.04. The SMILES string of the molecule is CCn1cc(CNC(=O)CSc2ccc(C)cc2)cn1. The van der Waals surface area contributed by atoms with Crippen molar-refractivity contribution >= 4 is 17.7 Å². The van der Waals surface area contributed by atoms with Gasteiger partial charge in [0.15, 0.2) is 0 Å². The molecule has 20 heavy (non-hydrogen) atoms. The second-order valence-electron chi connectivity index (χ2n) is 4.58. The highest BCUT2D eigenvalue weighted by atomic mass is 32.2. The van der Waals surface area contributed by atoms with E-state index in [9.17, 15) is 4.79 Å². The summed E-state index contributed by atoms with van der Waals surface area (Å²) in [4.78, 5) is 12.9. The van der Waals surface area contributed by atoms with Crippen molar-refractivity contribution in [2.45, 2.75) is 31.8 Å². The van der Waals surface area contributed by atoms with Gasteiger partial charge in [0.1, 0.15) is 0 Å². The second-order valence-corrected chi connectivity index (χ2v) is 5.63. The number of thioether (sulfide) groups is 1. The van der Waals surface area contributed by atoms with E-state index >= 15 is 0 Å². The molecule has 0 fully saturated rings. The third-order valence-corrected chi connectivity index (χ3v) is 3.90. The van der Waals surface area contributed by atoms with Gasteiger partial charge in [-0.1, -0.05) is 17.7 Å². The van der Waals surface area contributed by atoms with Crippen LogP contribution in [0.5, 0.6) is 0 Å². The van der Waals surface area contributed by atoms with Crippen LogP contribution in [0.3, 0.4) is 0 Å². The first-order valence-corrected chi connectivity index (χ1v) is 7.63. The van der Waals surface area contributed by atoms with Crippen LogP contribution < -0.4 is 5.32 Å². The summed E-state index contributed by atoms with van der Waals surface area (Å²) in [5.41, 5.74) is 2.26. The van der Waals surface area contributed by atoms with E-state index in [4.69, 9.17) is 0 Å².